The average molecular weight is 379 g/mol. The summed E-state index contributed by atoms with van der Waals surface area (Å²) in [7, 11) is 0. The van der Waals surface area contributed by atoms with Crippen LogP contribution in [0, 0.1) is 5.92 Å². The van der Waals surface area contributed by atoms with Gasteiger partial charge in [0.1, 0.15) is 0 Å². The standard InChI is InChI=1S/C19H20F3N3O2/c1-2-27-17(26)13-5-3-4-11-9-25(10-14(11)13)18-23-15-7-6-12(19(20,21)22)8-16(15)24-18/h3-5,12H,2,6-10H2,1H3,(H,23,24). The van der Waals surface area contributed by atoms with Crippen molar-refractivity contribution in [3.63, 3.8) is 0 Å². The van der Waals surface area contributed by atoms with Crippen LogP contribution in [0.5, 0.6) is 0 Å². The molecule has 2 heterocycles. The summed E-state index contributed by atoms with van der Waals surface area (Å²) in [4.78, 5) is 21.7. The van der Waals surface area contributed by atoms with E-state index in [4.69, 9.17) is 4.74 Å². The molecule has 0 bridgehead atoms. The number of imidazole rings is 1. The fourth-order valence-electron chi connectivity index (χ4n) is 3.87. The van der Waals surface area contributed by atoms with Gasteiger partial charge in [0.15, 0.2) is 0 Å². The highest BCUT2D eigenvalue weighted by atomic mass is 19.4. The Bertz CT molecular complexity index is 876. The largest absolute Gasteiger partial charge is 0.462 e. The molecule has 1 aliphatic carbocycles. The van der Waals surface area contributed by atoms with Crippen molar-refractivity contribution in [1.82, 2.24) is 9.97 Å². The average Bonchev–Trinajstić information content (AvgIpc) is 3.23. The Balaban J connectivity index is 1.56. The summed E-state index contributed by atoms with van der Waals surface area (Å²) < 4.78 is 44.2. The number of alkyl halides is 3. The first-order chi connectivity index (χ1) is 12.9. The Morgan fingerprint density at radius 2 is 2.19 bits per heavy atom. The monoisotopic (exact) mass is 379 g/mol. The first-order valence-electron chi connectivity index (χ1n) is 9.04. The number of nitrogens with one attached hydrogen (secondary N) is 1. The lowest BCUT2D eigenvalue weighted by molar-refractivity contribution is -0.177. The van der Waals surface area contributed by atoms with Crippen molar-refractivity contribution in [2.24, 2.45) is 5.92 Å². The third-order valence-electron chi connectivity index (χ3n) is 5.27. The number of H-pyrrole nitrogens is 1. The number of ether oxygens (including phenoxy) is 1. The molecule has 1 aromatic carbocycles. The number of rotatable bonds is 3. The topological polar surface area (TPSA) is 58.2 Å². The van der Waals surface area contributed by atoms with Gasteiger partial charge >= 0.3 is 12.1 Å². The van der Waals surface area contributed by atoms with Crippen LogP contribution < -0.4 is 4.90 Å². The maximum Gasteiger partial charge on any atom is 0.392 e. The van der Waals surface area contributed by atoms with E-state index in [9.17, 15) is 18.0 Å². The molecule has 5 nitrogen and oxygen atoms in total. The fraction of sp³-hybridized carbons (Fsp3) is 0.474. The molecule has 0 amide bonds. The van der Waals surface area contributed by atoms with Gasteiger partial charge in [-0.25, -0.2) is 9.78 Å². The maximum absolute atomic E-state index is 13.0. The molecule has 1 aromatic heterocycles. The summed E-state index contributed by atoms with van der Waals surface area (Å²) in [5.74, 6) is -1.11. The van der Waals surface area contributed by atoms with Crippen LogP contribution in [0.1, 0.15) is 46.2 Å². The van der Waals surface area contributed by atoms with Crippen LogP contribution in [0.25, 0.3) is 0 Å². The molecule has 0 saturated heterocycles. The highest BCUT2D eigenvalue weighted by Crippen LogP contribution is 2.38. The number of hydrogen-bond acceptors (Lipinski definition) is 4. The van der Waals surface area contributed by atoms with Crippen molar-refractivity contribution in [2.75, 3.05) is 11.5 Å². The Labute approximate surface area is 154 Å². The number of carbonyl (C=O) groups is 1. The molecular weight excluding hydrogens is 359 g/mol. The third kappa shape index (κ3) is 3.28. The van der Waals surface area contributed by atoms with Crippen molar-refractivity contribution < 1.29 is 22.7 Å². The zero-order chi connectivity index (χ0) is 19.2. The highest BCUT2D eigenvalue weighted by molar-refractivity contribution is 5.92. The Kier molecular flexibility index (Phi) is 4.36. The molecule has 0 spiro atoms. The lowest BCUT2D eigenvalue weighted by atomic mass is 9.89. The Hall–Kier alpha value is -2.51. The molecule has 27 heavy (non-hydrogen) atoms. The van der Waals surface area contributed by atoms with Crippen LogP contribution in [0.15, 0.2) is 18.2 Å². The van der Waals surface area contributed by atoms with Gasteiger partial charge < -0.3 is 14.6 Å². The Morgan fingerprint density at radius 1 is 1.37 bits per heavy atom. The molecule has 4 rings (SSSR count). The summed E-state index contributed by atoms with van der Waals surface area (Å²) in [6.07, 6.45) is -3.83. The molecule has 1 aliphatic heterocycles. The van der Waals surface area contributed by atoms with E-state index >= 15 is 0 Å². The summed E-state index contributed by atoms with van der Waals surface area (Å²) >= 11 is 0. The molecule has 144 valence electrons. The van der Waals surface area contributed by atoms with Crippen molar-refractivity contribution in [2.45, 2.75) is 45.5 Å². The van der Waals surface area contributed by atoms with E-state index < -0.39 is 12.1 Å². The van der Waals surface area contributed by atoms with Crippen molar-refractivity contribution in [3.05, 3.63) is 46.3 Å². The lowest BCUT2D eigenvalue weighted by Crippen LogP contribution is -2.28. The maximum atomic E-state index is 13.0. The second-order valence-corrected chi connectivity index (χ2v) is 6.99. The van der Waals surface area contributed by atoms with Gasteiger partial charge in [-0.3, -0.25) is 0 Å². The number of halogens is 3. The third-order valence-corrected chi connectivity index (χ3v) is 5.27. The van der Waals surface area contributed by atoms with Crippen LogP contribution in [0.2, 0.25) is 0 Å². The molecule has 8 heteroatoms. The number of aromatic amines is 1. The lowest BCUT2D eigenvalue weighted by Gasteiger charge is -2.23. The molecule has 2 aromatic rings. The predicted octanol–water partition coefficient (Wildman–Crippen LogP) is 3.77. The van der Waals surface area contributed by atoms with Gasteiger partial charge in [-0.05, 0) is 37.0 Å². The van der Waals surface area contributed by atoms with Crippen LogP contribution in [0.4, 0.5) is 19.1 Å². The molecule has 0 fully saturated rings. The van der Waals surface area contributed by atoms with Crippen LogP contribution in [-0.4, -0.2) is 28.7 Å². The minimum absolute atomic E-state index is 0.0549. The first-order valence-corrected chi connectivity index (χ1v) is 9.04. The van der Waals surface area contributed by atoms with Crippen LogP contribution >= 0.6 is 0 Å². The van der Waals surface area contributed by atoms with Gasteiger partial charge in [0.2, 0.25) is 5.95 Å². The molecule has 0 saturated carbocycles. The molecule has 1 atom stereocenters. The van der Waals surface area contributed by atoms with E-state index in [1.807, 2.05) is 17.0 Å². The van der Waals surface area contributed by atoms with E-state index in [-0.39, 0.29) is 18.8 Å². The summed E-state index contributed by atoms with van der Waals surface area (Å²) in [6.45, 7) is 3.09. The number of fused-ring (bicyclic) bond motifs is 2. The molecule has 1 unspecified atom stereocenters. The molecule has 2 aliphatic rings. The number of nitrogens with zero attached hydrogens (tertiary/aromatic N) is 2. The summed E-state index contributed by atoms with van der Waals surface area (Å²) in [5, 5.41) is 0. The van der Waals surface area contributed by atoms with E-state index in [0.29, 0.717) is 49.0 Å². The van der Waals surface area contributed by atoms with E-state index in [0.717, 1.165) is 11.1 Å². The summed E-state index contributed by atoms with van der Waals surface area (Å²) in [6, 6.07) is 5.50. The number of esters is 1. The molecule has 1 N–H and O–H groups in total. The van der Waals surface area contributed by atoms with Crippen LogP contribution in [0.3, 0.4) is 0 Å². The minimum Gasteiger partial charge on any atom is -0.462 e. The quantitative estimate of drug-likeness (QED) is 0.825. The molecular formula is C19H20F3N3O2. The number of aromatic nitrogens is 2. The smallest absolute Gasteiger partial charge is 0.392 e. The number of aryl methyl sites for hydroxylation is 1. The second kappa shape index (κ2) is 6.58. The van der Waals surface area contributed by atoms with Crippen molar-refractivity contribution >= 4 is 11.9 Å². The highest BCUT2D eigenvalue weighted by Gasteiger charge is 2.42. The van der Waals surface area contributed by atoms with Gasteiger partial charge in [0.05, 0.1) is 23.8 Å². The Morgan fingerprint density at radius 3 is 2.93 bits per heavy atom. The van der Waals surface area contributed by atoms with Gasteiger partial charge in [0.25, 0.3) is 0 Å². The van der Waals surface area contributed by atoms with Gasteiger partial charge in [-0.15, -0.1) is 0 Å². The summed E-state index contributed by atoms with van der Waals surface area (Å²) in [5.41, 5.74) is 3.71. The van der Waals surface area contributed by atoms with Gasteiger partial charge in [-0.2, -0.15) is 13.2 Å². The first kappa shape index (κ1) is 17.9. The SMILES string of the molecule is CCOC(=O)c1cccc2c1CN(c1nc3c([nH]1)CC(C(F)(F)F)CC3)C2. The zero-order valence-corrected chi connectivity index (χ0v) is 14.9. The number of carbonyl (C=O) groups excluding carboxylic acids is 1. The minimum atomic E-state index is -4.18. The fourth-order valence-corrected chi connectivity index (χ4v) is 3.87. The zero-order valence-electron chi connectivity index (χ0n) is 14.9. The van der Waals surface area contributed by atoms with Gasteiger partial charge in [0, 0.05) is 25.2 Å². The number of hydrogen-bond donors (Lipinski definition) is 1. The van der Waals surface area contributed by atoms with E-state index in [2.05, 4.69) is 9.97 Å². The van der Waals surface area contributed by atoms with Crippen molar-refractivity contribution in [1.29, 1.82) is 0 Å². The van der Waals surface area contributed by atoms with E-state index in [1.54, 1.807) is 13.0 Å². The van der Waals surface area contributed by atoms with Crippen molar-refractivity contribution in [3.8, 4) is 0 Å². The predicted molar refractivity (Wildman–Crippen MR) is 92.4 cm³/mol. The van der Waals surface area contributed by atoms with Crippen LogP contribution in [-0.2, 0) is 30.7 Å². The number of benzene rings is 1. The molecule has 0 radical (unpaired) electrons. The van der Waals surface area contributed by atoms with E-state index in [1.165, 1.54) is 0 Å². The normalized spacial score (nSPS) is 19.0. The number of anilines is 1. The second-order valence-electron chi connectivity index (χ2n) is 6.99. The van der Waals surface area contributed by atoms with Gasteiger partial charge in [-0.1, -0.05) is 12.1 Å².